The molecule has 3 nitrogen and oxygen atoms in total. The maximum atomic E-state index is 12.8. The predicted octanol–water partition coefficient (Wildman–Crippen LogP) is 1.90. The summed E-state index contributed by atoms with van der Waals surface area (Å²) in [5.74, 6) is -1.19. The van der Waals surface area contributed by atoms with E-state index in [1.54, 1.807) is 0 Å². The molecule has 0 aliphatic rings. The van der Waals surface area contributed by atoms with Gasteiger partial charge in [-0.3, -0.25) is 0 Å². The molecule has 0 saturated heterocycles. The molecule has 0 aliphatic carbocycles. The lowest BCUT2D eigenvalue weighted by molar-refractivity contribution is -0.133. The van der Waals surface area contributed by atoms with E-state index < -0.39 is 11.8 Å². The van der Waals surface area contributed by atoms with Crippen molar-refractivity contribution in [2.45, 2.75) is 0 Å². The van der Waals surface area contributed by atoms with E-state index in [9.17, 15) is 9.18 Å². The number of carbonyl (C=O) groups excluding carboxylic acids is 1. The second-order valence-corrected chi connectivity index (χ2v) is 2.54. The van der Waals surface area contributed by atoms with Gasteiger partial charge < -0.3 is 9.84 Å². The SMILES string of the molecule is COC(=O)/C(=C\O)c1cccc(F)c1. The maximum absolute atomic E-state index is 12.8. The maximum Gasteiger partial charge on any atom is 0.341 e. The molecule has 0 atom stereocenters. The van der Waals surface area contributed by atoms with E-state index in [2.05, 4.69) is 4.74 Å². The van der Waals surface area contributed by atoms with Crippen LogP contribution >= 0.6 is 0 Å². The molecule has 0 saturated carbocycles. The molecule has 0 unspecified atom stereocenters. The van der Waals surface area contributed by atoms with Crippen LogP contribution in [-0.2, 0) is 9.53 Å². The van der Waals surface area contributed by atoms with Crippen LogP contribution in [0.1, 0.15) is 5.56 Å². The average Bonchev–Trinajstić information content (AvgIpc) is 2.19. The fourth-order valence-electron chi connectivity index (χ4n) is 1.01. The molecular formula is C10H9FO3. The number of esters is 1. The van der Waals surface area contributed by atoms with Crippen LogP contribution < -0.4 is 0 Å². The van der Waals surface area contributed by atoms with Gasteiger partial charge in [-0.1, -0.05) is 12.1 Å². The molecule has 1 N–H and O–H groups in total. The molecular weight excluding hydrogens is 187 g/mol. The van der Waals surface area contributed by atoms with Gasteiger partial charge in [0.25, 0.3) is 0 Å². The molecule has 0 bridgehead atoms. The highest BCUT2D eigenvalue weighted by atomic mass is 19.1. The number of ether oxygens (including phenoxy) is 1. The first-order chi connectivity index (χ1) is 6.69. The largest absolute Gasteiger partial charge is 0.515 e. The lowest BCUT2D eigenvalue weighted by Gasteiger charge is -2.03. The number of halogens is 1. The predicted molar refractivity (Wildman–Crippen MR) is 49.0 cm³/mol. The van der Waals surface area contributed by atoms with Crippen molar-refractivity contribution in [1.82, 2.24) is 0 Å². The third kappa shape index (κ3) is 2.10. The van der Waals surface area contributed by atoms with E-state index >= 15 is 0 Å². The molecule has 4 heteroatoms. The summed E-state index contributed by atoms with van der Waals surface area (Å²) in [6.45, 7) is 0. The Morgan fingerprint density at radius 2 is 2.29 bits per heavy atom. The number of aliphatic hydroxyl groups excluding tert-OH is 1. The Kier molecular flexibility index (Phi) is 3.23. The van der Waals surface area contributed by atoms with E-state index in [1.165, 1.54) is 25.3 Å². The molecule has 1 aromatic rings. The third-order valence-electron chi connectivity index (χ3n) is 1.67. The number of methoxy groups -OCH3 is 1. The number of hydrogen-bond donors (Lipinski definition) is 1. The highest BCUT2D eigenvalue weighted by Gasteiger charge is 2.12. The van der Waals surface area contributed by atoms with Crippen LogP contribution in [0.3, 0.4) is 0 Å². The smallest absolute Gasteiger partial charge is 0.341 e. The molecule has 0 heterocycles. The first-order valence-electron chi connectivity index (χ1n) is 3.87. The Balaban J connectivity index is 3.08. The van der Waals surface area contributed by atoms with Crippen LogP contribution in [0.25, 0.3) is 5.57 Å². The topological polar surface area (TPSA) is 46.5 Å². The Morgan fingerprint density at radius 1 is 1.57 bits per heavy atom. The first kappa shape index (κ1) is 10.2. The molecule has 0 aromatic heterocycles. The summed E-state index contributed by atoms with van der Waals surface area (Å²) in [6, 6.07) is 5.33. The van der Waals surface area contributed by atoms with Crippen LogP contribution in [0, 0.1) is 5.82 Å². The summed E-state index contributed by atoms with van der Waals surface area (Å²) in [6.07, 6.45) is 0.598. The minimum Gasteiger partial charge on any atom is -0.515 e. The van der Waals surface area contributed by atoms with Gasteiger partial charge in [0.2, 0.25) is 0 Å². The Morgan fingerprint density at radius 3 is 2.79 bits per heavy atom. The van der Waals surface area contributed by atoms with Crippen molar-refractivity contribution in [3.8, 4) is 0 Å². The van der Waals surface area contributed by atoms with Gasteiger partial charge in [-0.15, -0.1) is 0 Å². The normalized spacial score (nSPS) is 11.1. The number of carbonyl (C=O) groups is 1. The molecule has 0 aliphatic heterocycles. The lowest BCUT2D eigenvalue weighted by atomic mass is 10.1. The van der Waals surface area contributed by atoms with Gasteiger partial charge in [0.15, 0.2) is 0 Å². The van der Waals surface area contributed by atoms with Crippen molar-refractivity contribution >= 4 is 11.5 Å². The summed E-state index contributed by atoms with van der Waals surface area (Å²) in [5.41, 5.74) is 0.200. The minimum atomic E-state index is -0.710. The molecule has 74 valence electrons. The van der Waals surface area contributed by atoms with E-state index in [0.717, 1.165) is 6.07 Å². The summed E-state index contributed by atoms with van der Waals surface area (Å²) >= 11 is 0. The standard InChI is InChI=1S/C10H9FO3/c1-14-10(13)9(6-12)7-3-2-4-8(11)5-7/h2-6,12H,1H3/b9-6-. The van der Waals surface area contributed by atoms with E-state index in [1.807, 2.05) is 0 Å². The van der Waals surface area contributed by atoms with Crippen LogP contribution in [-0.4, -0.2) is 18.2 Å². The zero-order chi connectivity index (χ0) is 10.6. The summed E-state index contributed by atoms with van der Waals surface area (Å²) in [4.78, 5) is 11.1. The van der Waals surface area contributed by atoms with Gasteiger partial charge in [0, 0.05) is 0 Å². The second kappa shape index (κ2) is 4.41. The highest BCUT2D eigenvalue weighted by molar-refractivity contribution is 6.16. The van der Waals surface area contributed by atoms with E-state index in [0.29, 0.717) is 6.26 Å². The summed E-state index contributed by atoms with van der Waals surface area (Å²) in [7, 11) is 1.19. The van der Waals surface area contributed by atoms with Gasteiger partial charge >= 0.3 is 5.97 Å². The van der Waals surface area contributed by atoms with E-state index in [4.69, 9.17) is 5.11 Å². The Labute approximate surface area is 80.4 Å². The van der Waals surface area contributed by atoms with Gasteiger partial charge in [-0.2, -0.15) is 0 Å². The second-order valence-electron chi connectivity index (χ2n) is 2.54. The van der Waals surface area contributed by atoms with Crippen molar-refractivity contribution in [3.05, 3.63) is 41.9 Å². The van der Waals surface area contributed by atoms with E-state index in [-0.39, 0.29) is 11.1 Å². The van der Waals surface area contributed by atoms with Crippen LogP contribution in [0.4, 0.5) is 4.39 Å². The zero-order valence-corrected chi connectivity index (χ0v) is 7.53. The van der Waals surface area contributed by atoms with Crippen LogP contribution in [0.2, 0.25) is 0 Å². The molecule has 1 rings (SSSR count). The molecule has 0 fully saturated rings. The molecule has 0 radical (unpaired) electrons. The summed E-state index contributed by atoms with van der Waals surface area (Å²) in [5, 5.41) is 8.79. The quantitative estimate of drug-likeness (QED) is 0.446. The number of aliphatic hydroxyl groups is 1. The fraction of sp³-hybridized carbons (Fsp3) is 0.100. The van der Waals surface area contributed by atoms with Gasteiger partial charge in [-0.05, 0) is 17.7 Å². The van der Waals surface area contributed by atoms with Crippen LogP contribution in [0.15, 0.2) is 30.5 Å². The summed E-state index contributed by atoms with van der Waals surface area (Å²) < 4.78 is 17.2. The Bertz CT molecular complexity index is 371. The van der Waals surface area contributed by atoms with Crippen molar-refractivity contribution in [3.63, 3.8) is 0 Å². The third-order valence-corrected chi connectivity index (χ3v) is 1.67. The van der Waals surface area contributed by atoms with Gasteiger partial charge in [0.05, 0.1) is 13.4 Å². The highest BCUT2D eigenvalue weighted by Crippen LogP contribution is 2.16. The first-order valence-corrected chi connectivity index (χ1v) is 3.87. The van der Waals surface area contributed by atoms with Crippen molar-refractivity contribution in [1.29, 1.82) is 0 Å². The zero-order valence-electron chi connectivity index (χ0n) is 7.53. The lowest BCUT2D eigenvalue weighted by Crippen LogP contribution is -2.04. The monoisotopic (exact) mass is 196 g/mol. The van der Waals surface area contributed by atoms with Crippen molar-refractivity contribution in [2.75, 3.05) is 7.11 Å². The van der Waals surface area contributed by atoms with Crippen molar-refractivity contribution < 1.29 is 19.0 Å². The Hall–Kier alpha value is -1.84. The van der Waals surface area contributed by atoms with Gasteiger partial charge in [0.1, 0.15) is 11.4 Å². The average molecular weight is 196 g/mol. The molecule has 14 heavy (non-hydrogen) atoms. The number of benzene rings is 1. The number of rotatable bonds is 2. The number of hydrogen-bond acceptors (Lipinski definition) is 3. The molecule has 0 spiro atoms. The van der Waals surface area contributed by atoms with Gasteiger partial charge in [-0.25, -0.2) is 9.18 Å². The molecule has 0 amide bonds. The minimum absolute atomic E-state index is 0.0769. The van der Waals surface area contributed by atoms with Crippen molar-refractivity contribution in [2.24, 2.45) is 0 Å². The molecule has 1 aromatic carbocycles. The van der Waals surface area contributed by atoms with Crippen LogP contribution in [0.5, 0.6) is 0 Å². The fourth-order valence-corrected chi connectivity index (χ4v) is 1.01.